The fourth-order valence-electron chi connectivity index (χ4n) is 3.88. The second kappa shape index (κ2) is 10.4. The lowest BCUT2D eigenvalue weighted by Gasteiger charge is -2.28. The number of nitrogens with zero attached hydrogens (tertiary/aromatic N) is 1. The lowest BCUT2D eigenvalue weighted by Crippen LogP contribution is -2.42. The van der Waals surface area contributed by atoms with Crippen LogP contribution in [0.15, 0.2) is 52.3 Å². The number of aryl methyl sites for hydroxylation is 1. The molecule has 3 rings (SSSR count). The van der Waals surface area contributed by atoms with Crippen LogP contribution >= 0.6 is 0 Å². The molecule has 8 nitrogen and oxygen atoms in total. The van der Waals surface area contributed by atoms with Gasteiger partial charge >= 0.3 is 0 Å². The van der Waals surface area contributed by atoms with Gasteiger partial charge in [-0.1, -0.05) is 32.9 Å². The Morgan fingerprint density at radius 2 is 1.82 bits per heavy atom. The SMILES string of the molecule is CCc1ccc(N(CC(C)C)S(=O)(=O)c2ccc(NC3CCC(=O)NC3)c(S(C)(=N)=O)c2)cc1. The van der Waals surface area contributed by atoms with Crippen molar-refractivity contribution in [2.24, 2.45) is 5.92 Å². The van der Waals surface area contributed by atoms with E-state index < -0.39 is 19.8 Å². The van der Waals surface area contributed by atoms with Gasteiger partial charge in [-0.05, 0) is 54.7 Å². The number of benzene rings is 2. The number of hydrogen-bond donors (Lipinski definition) is 3. The molecule has 1 heterocycles. The second-order valence-electron chi connectivity index (χ2n) is 9.14. The van der Waals surface area contributed by atoms with Crippen molar-refractivity contribution in [3.8, 4) is 0 Å². The van der Waals surface area contributed by atoms with Crippen LogP contribution in [0, 0.1) is 10.7 Å². The monoisotopic (exact) mass is 506 g/mol. The van der Waals surface area contributed by atoms with E-state index in [0.29, 0.717) is 30.8 Å². The highest BCUT2D eigenvalue weighted by molar-refractivity contribution is 7.93. The van der Waals surface area contributed by atoms with E-state index in [2.05, 4.69) is 10.6 Å². The smallest absolute Gasteiger partial charge is 0.264 e. The van der Waals surface area contributed by atoms with Gasteiger partial charge in [-0.3, -0.25) is 9.10 Å². The Hall–Kier alpha value is -2.59. The minimum atomic E-state index is -3.97. The lowest BCUT2D eigenvalue weighted by atomic mass is 10.1. The maximum Gasteiger partial charge on any atom is 0.264 e. The van der Waals surface area contributed by atoms with Gasteiger partial charge < -0.3 is 10.6 Å². The molecule has 0 radical (unpaired) electrons. The first kappa shape index (κ1) is 26.0. The summed E-state index contributed by atoms with van der Waals surface area (Å²) in [6, 6.07) is 11.8. The van der Waals surface area contributed by atoms with Gasteiger partial charge in [0, 0.05) is 31.8 Å². The summed E-state index contributed by atoms with van der Waals surface area (Å²) in [6.45, 7) is 6.64. The first-order valence-corrected chi connectivity index (χ1v) is 14.8. The third-order valence-electron chi connectivity index (χ3n) is 5.75. The first-order valence-electron chi connectivity index (χ1n) is 11.4. The Kier molecular flexibility index (Phi) is 7.92. The average Bonchev–Trinajstić information content (AvgIpc) is 2.78. The summed E-state index contributed by atoms with van der Waals surface area (Å²) >= 11 is 0. The van der Waals surface area contributed by atoms with E-state index in [9.17, 15) is 17.4 Å². The molecule has 1 fully saturated rings. The molecule has 2 unspecified atom stereocenters. The minimum absolute atomic E-state index is 0.00737. The van der Waals surface area contributed by atoms with E-state index >= 15 is 0 Å². The Labute approximate surface area is 203 Å². The number of amides is 1. The standard InChI is InChI=1S/C24H34N4O4S2/c1-5-18-6-9-20(10-7-18)28(16-17(2)3)34(31,32)21-11-12-22(23(14-21)33(4,25)30)27-19-8-13-24(29)26-15-19/h6-7,9-12,14,17,19,25,27H,5,8,13,15-16H2,1-4H3,(H,26,29). The molecule has 186 valence electrons. The molecule has 0 spiro atoms. The number of carbonyl (C=O) groups excluding carboxylic acids is 1. The minimum Gasteiger partial charge on any atom is -0.380 e. The molecule has 2 aromatic carbocycles. The summed E-state index contributed by atoms with van der Waals surface area (Å²) in [5, 5.41) is 6.02. The van der Waals surface area contributed by atoms with E-state index in [1.54, 1.807) is 18.2 Å². The molecule has 1 aliphatic heterocycles. The zero-order valence-corrected chi connectivity index (χ0v) is 21.8. The number of sulfonamides is 1. The largest absolute Gasteiger partial charge is 0.380 e. The van der Waals surface area contributed by atoms with Crippen molar-refractivity contribution in [1.29, 1.82) is 4.78 Å². The molecule has 0 saturated carbocycles. The van der Waals surface area contributed by atoms with Crippen LogP contribution in [0.5, 0.6) is 0 Å². The summed E-state index contributed by atoms with van der Waals surface area (Å²) in [5.41, 5.74) is 2.13. The number of anilines is 2. The predicted octanol–water partition coefficient (Wildman–Crippen LogP) is 3.83. The van der Waals surface area contributed by atoms with Crippen LogP contribution in [-0.4, -0.2) is 43.9 Å². The van der Waals surface area contributed by atoms with Crippen molar-refractivity contribution in [3.63, 3.8) is 0 Å². The zero-order valence-electron chi connectivity index (χ0n) is 20.1. The van der Waals surface area contributed by atoms with Crippen LogP contribution < -0.4 is 14.9 Å². The molecule has 3 N–H and O–H groups in total. The van der Waals surface area contributed by atoms with Gasteiger partial charge in [0.15, 0.2) is 0 Å². The molecule has 1 amide bonds. The molecule has 34 heavy (non-hydrogen) atoms. The fourth-order valence-corrected chi connectivity index (χ4v) is 6.51. The van der Waals surface area contributed by atoms with Gasteiger partial charge in [0.2, 0.25) is 5.91 Å². The summed E-state index contributed by atoms with van der Waals surface area (Å²) in [5.74, 6) is 0.0610. The van der Waals surface area contributed by atoms with Gasteiger partial charge in [0.25, 0.3) is 10.0 Å². The average molecular weight is 507 g/mol. The number of hydrogen-bond acceptors (Lipinski definition) is 6. The third kappa shape index (κ3) is 6.09. The van der Waals surface area contributed by atoms with Crippen LogP contribution in [0.2, 0.25) is 0 Å². The molecule has 0 aromatic heterocycles. The van der Waals surface area contributed by atoms with Crippen LogP contribution in [0.3, 0.4) is 0 Å². The second-order valence-corrected chi connectivity index (χ2v) is 13.1. The van der Waals surface area contributed by atoms with Crippen LogP contribution in [-0.2, 0) is 31.0 Å². The molecule has 0 bridgehead atoms. The summed E-state index contributed by atoms with van der Waals surface area (Å²) in [7, 11) is -7.20. The zero-order chi connectivity index (χ0) is 25.1. The van der Waals surface area contributed by atoms with Crippen molar-refractivity contribution in [2.45, 2.75) is 55.9 Å². The normalized spacial score (nSPS) is 18.3. The van der Waals surface area contributed by atoms with Gasteiger partial charge in [-0.2, -0.15) is 0 Å². The number of piperidine rings is 1. The van der Waals surface area contributed by atoms with Gasteiger partial charge in [-0.25, -0.2) is 17.4 Å². The maximum absolute atomic E-state index is 13.7. The van der Waals surface area contributed by atoms with E-state index in [1.165, 1.54) is 22.7 Å². The molecule has 0 aliphatic carbocycles. The highest BCUT2D eigenvalue weighted by Gasteiger charge is 2.28. The maximum atomic E-state index is 13.7. The van der Waals surface area contributed by atoms with Gasteiger partial charge in [-0.15, -0.1) is 0 Å². The highest BCUT2D eigenvalue weighted by Crippen LogP contribution is 2.31. The number of carbonyl (C=O) groups is 1. The Morgan fingerprint density at radius 1 is 1.15 bits per heavy atom. The topological polar surface area (TPSA) is 119 Å². The van der Waals surface area contributed by atoms with Crippen LogP contribution in [0.1, 0.15) is 39.2 Å². The lowest BCUT2D eigenvalue weighted by molar-refractivity contribution is -0.122. The molecule has 2 aromatic rings. The summed E-state index contributed by atoms with van der Waals surface area (Å²) < 4.78 is 49.9. The van der Waals surface area contributed by atoms with Crippen molar-refractivity contribution in [1.82, 2.24) is 5.32 Å². The van der Waals surface area contributed by atoms with Gasteiger partial charge in [0.05, 0.1) is 30.9 Å². The van der Waals surface area contributed by atoms with Crippen molar-refractivity contribution < 1.29 is 17.4 Å². The van der Waals surface area contributed by atoms with Crippen molar-refractivity contribution >= 4 is 37.0 Å². The highest BCUT2D eigenvalue weighted by atomic mass is 32.2. The Bertz CT molecular complexity index is 1230. The van der Waals surface area contributed by atoms with E-state index in [0.717, 1.165) is 12.0 Å². The molecular formula is C24H34N4O4S2. The van der Waals surface area contributed by atoms with Crippen LogP contribution in [0.4, 0.5) is 11.4 Å². The fraction of sp³-hybridized carbons (Fsp3) is 0.458. The van der Waals surface area contributed by atoms with E-state index in [4.69, 9.17) is 4.78 Å². The third-order valence-corrected chi connectivity index (χ3v) is 8.72. The van der Waals surface area contributed by atoms with Gasteiger partial charge in [0.1, 0.15) is 0 Å². The Morgan fingerprint density at radius 3 is 2.35 bits per heavy atom. The summed E-state index contributed by atoms with van der Waals surface area (Å²) in [4.78, 5) is 11.6. The van der Waals surface area contributed by atoms with E-state index in [-0.39, 0.29) is 34.2 Å². The number of nitrogens with one attached hydrogen (secondary N) is 3. The quantitative estimate of drug-likeness (QED) is 0.478. The molecular weight excluding hydrogens is 472 g/mol. The van der Waals surface area contributed by atoms with Crippen LogP contribution in [0.25, 0.3) is 0 Å². The first-order chi connectivity index (χ1) is 15.9. The summed E-state index contributed by atoms with van der Waals surface area (Å²) in [6.07, 6.45) is 3.11. The van der Waals surface area contributed by atoms with Crippen molar-refractivity contribution in [3.05, 3.63) is 48.0 Å². The molecule has 1 aliphatic rings. The molecule has 2 atom stereocenters. The Balaban J connectivity index is 2.01. The molecule has 1 saturated heterocycles. The number of rotatable bonds is 9. The molecule has 10 heteroatoms. The van der Waals surface area contributed by atoms with E-state index in [1.807, 2.05) is 32.9 Å². The van der Waals surface area contributed by atoms with Crippen molar-refractivity contribution in [2.75, 3.05) is 29.0 Å². The predicted molar refractivity (Wildman–Crippen MR) is 136 cm³/mol.